The van der Waals surface area contributed by atoms with Crippen LogP contribution in [-0.2, 0) is 9.59 Å². The van der Waals surface area contributed by atoms with E-state index in [0.29, 0.717) is 43.3 Å². The Hall–Kier alpha value is -3.87. The van der Waals surface area contributed by atoms with Crippen molar-refractivity contribution >= 4 is 18.2 Å². The molecule has 0 saturated carbocycles. The zero-order valence-electron chi connectivity index (χ0n) is 24.0. The second kappa shape index (κ2) is 16.3. The van der Waals surface area contributed by atoms with Crippen LogP contribution in [-0.4, -0.2) is 56.4 Å². The molecule has 0 bridgehead atoms. The highest BCUT2D eigenvalue weighted by Crippen LogP contribution is 2.44. The highest BCUT2D eigenvalue weighted by molar-refractivity contribution is 5.97. The van der Waals surface area contributed by atoms with Crippen molar-refractivity contribution in [3.63, 3.8) is 0 Å². The SMILES string of the molecule is CCCN(CCNC(=O)c1ccccc1OC)C(=O)[C@H]1CCC(C2=CCCC=C2)c2ccccc21.CCNC=O. The Morgan fingerprint density at radius 1 is 1.00 bits per heavy atom. The van der Waals surface area contributed by atoms with Crippen molar-refractivity contribution in [1.82, 2.24) is 15.5 Å². The quantitative estimate of drug-likeness (QED) is 0.373. The maximum absolute atomic E-state index is 13.7. The number of allylic oxidation sites excluding steroid dienone is 4. The number of para-hydroxylation sites is 1. The van der Waals surface area contributed by atoms with Crippen LogP contribution in [0, 0.1) is 0 Å². The van der Waals surface area contributed by atoms with E-state index in [1.54, 1.807) is 19.2 Å². The first kappa shape index (κ1) is 30.7. The van der Waals surface area contributed by atoms with Crippen molar-refractivity contribution in [2.24, 2.45) is 0 Å². The molecule has 214 valence electrons. The highest BCUT2D eigenvalue weighted by Gasteiger charge is 2.34. The van der Waals surface area contributed by atoms with Crippen molar-refractivity contribution in [2.45, 2.75) is 57.8 Å². The molecule has 3 amide bonds. The summed E-state index contributed by atoms with van der Waals surface area (Å²) in [5, 5.41) is 5.39. The molecule has 2 N–H and O–H groups in total. The van der Waals surface area contributed by atoms with E-state index >= 15 is 0 Å². The van der Waals surface area contributed by atoms with Gasteiger partial charge in [0.2, 0.25) is 12.3 Å². The van der Waals surface area contributed by atoms with Crippen molar-refractivity contribution in [1.29, 1.82) is 0 Å². The number of nitrogens with zero attached hydrogens (tertiary/aromatic N) is 1. The summed E-state index contributed by atoms with van der Waals surface area (Å²) in [6.45, 7) is 6.25. The zero-order valence-corrected chi connectivity index (χ0v) is 24.0. The molecular formula is C33H43N3O4. The Morgan fingerprint density at radius 2 is 1.75 bits per heavy atom. The number of fused-ring (bicyclic) bond motifs is 1. The van der Waals surface area contributed by atoms with Gasteiger partial charge in [-0.25, -0.2) is 0 Å². The number of carbonyl (C=O) groups excluding carboxylic acids is 3. The maximum atomic E-state index is 13.7. The summed E-state index contributed by atoms with van der Waals surface area (Å²) in [5.41, 5.74) is 4.34. The van der Waals surface area contributed by atoms with Gasteiger partial charge in [-0.15, -0.1) is 0 Å². The van der Waals surface area contributed by atoms with Gasteiger partial charge in [0.1, 0.15) is 5.75 Å². The Labute approximate surface area is 238 Å². The van der Waals surface area contributed by atoms with Crippen molar-refractivity contribution in [3.05, 3.63) is 89.0 Å². The van der Waals surface area contributed by atoms with Crippen LogP contribution < -0.4 is 15.4 Å². The van der Waals surface area contributed by atoms with Gasteiger partial charge in [0.05, 0.1) is 18.6 Å². The first-order chi connectivity index (χ1) is 19.5. The third kappa shape index (κ3) is 8.07. The standard InChI is InChI=1S/C30H36N2O3.C3H7NO/c1-3-20-32(21-19-31-29(33)27-15-9-10-16-28(27)35-2)30(34)26-18-17-23(22-11-5-4-6-12-22)24-13-7-8-14-25(24)26;1-2-4-3-5/h5,7-16,23,26H,3-4,6,17-21H2,1-2H3,(H,31,33);3H,2H2,1H3,(H,4,5)/t23?,26-;/m0./s1. The van der Waals surface area contributed by atoms with Gasteiger partial charge in [0.15, 0.2) is 0 Å². The van der Waals surface area contributed by atoms with Gasteiger partial charge in [-0.2, -0.15) is 0 Å². The molecule has 0 fully saturated rings. The molecule has 7 heteroatoms. The molecule has 4 rings (SSSR count). The number of hydrogen-bond donors (Lipinski definition) is 2. The second-order valence-electron chi connectivity index (χ2n) is 9.95. The molecule has 2 aromatic carbocycles. The summed E-state index contributed by atoms with van der Waals surface area (Å²) < 4.78 is 5.30. The van der Waals surface area contributed by atoms with E-state index in [9.17, 15) is 14.4 Å². The molecule has 2 aliphatic rings. The third-order valence-corrected chi connectivity index (χ3v) is 7.33. The molecule has 2 aromatic rings. The van der Waals surface area contributed by atoms with E-state index in [1.165, 1.54) is 11.1 Å². The smallest absolute Gasteiger partial charge is 0.255 e. The van der Waals surface area contributed by atoms with Crippen LogP contribution in [0.2, 0.25) is 0 Å². The van der Waals surface area contributed by atoms with Crippen LogP contribution >= 0.6 is 0 Å². The molecule has 0 aliphatic heterocycles. The van der Waals surface area contributed by atoms with E-state index in [1.807, 2.05) is 30.0 Å². The van der Waals surface area contributed by atoms with Crippen LogP contribution in [0.1, 0.15) is 79.3 Å². The molecule has 0 radical (unpaired) electrons. The average molecular weight is 546 g/mol. The van der Waals surface area contributed by atoms with Gasteiger partial charge >= 0.3 is 0 Å². The van der Waals surface area contributed by atoms with E-state index in [2.05, 4.69) is 54.0 Å². The lowest BCUT2D eigenvalue weighted by Crippen LogP contribution is -2.42. The highest BCUT2D eigenvalue weighted by atomic mass is 16.5. The number of rotatable bonds is 11. The lowest BCUT2D eigenvalue weighted by Gasteiger charge is -2.35. The number of methoxy groups -OCH3 is 1. The van der Waals surface area contributed by atoms with Crippen molar-refractivity contribution in [2.75, 3.05) is 33.3 Å². The molecule has 2 atom stereocenters. The maximum Gasteiger partial charge on any atom is 0.255 e. The van der Waals surface area contributed by atoms with E-state index < -0.39 is 0 Å². The average Bonchev–Trinajstić information content (AvgIpc) is 3.00. The van der Waals surface area contributed by atoms with E-state index in [-0.39, 0.29) is 17.7 Å². The fourth-order valence-corrected chi connectivity index (χ4v) is 5.42. The minimum Gasteiger partial charge on any atom is -0.496 e. The Balaban J connectivity index is 0.000000810. The van der Waals surface area contributed by atoms with Gasteiger partial charge in [-0.05, 0) is 67.9 Å². The molecule has 40 heavy (non-hydrogen) atoms. The lowest BCUT2D eigenvalue weighted by molar-refractivity contribution is -0.133. The number of ether oxygens (including phenoxy) is 1. The zero-order chi connectivity index (χ0) is 28.7. The van der Waals surface area contributed by atoms with Gasteiger partial charge in [-0.3, -0.25) is 14.4 Å². The molecule has 1 unspecified atom stereocenters. The minimum absolute atomic E-state index is 0.132. The third-order valence-electron chi connectivity index (χ3n) is 7.33. The Bertz CT molecular complexity index is 1190. The first-order valence-electron chi connectivity index (χ1n) is 14.4. The summed E-state index contributed by atoms with van der Waals surface area (Å²) >= 11 is 0. The van der Waals surface area contributed by atoms with E-state index in [0.717, 1.165) is 44.2 Å². The largest absolute Gasteiger partial charge is 0.496 e. The van der Waals surface area contributed by atoms with Crippen LogP contribution in [0.15, 0.2) is 72.3 Å². The predicted molar refractivity (Wildman–Crippen MR) is 160 cm³/mol. The second-order valence-corrected chi connectivity index (χ2v) is 9.95. The fourth-order valence-electron chi connectivity index (χ4n) is 5.42. The van der Waals surface area contributed by atoms with Gasteiger partial charge in [0, 0.05) is 32.1 Å². The molecular weight excluding hydrogens is 502 g/mol. The summed E-state index contributed by atoms with van der Waals surface area (Å²) in [6, 6.07) is 15.6. The Kier molecular flexibility index (Phi) is 12.5. The van der Waals surface area contributed by atoms with Crippen LogP contribution in [0.4, 0.5) is 0 Å². The normalized spacial score (nSPS) is 17.3. The molecule has 0 saturated heterocycles. The van der Waals surface area contributed by atoms with Crippen molar-refractivity contribution < 1.29 is 19.1 Å². The van der Waals surface area contributed by atoms with Crippen molar-refractivity contribution in [3.8, 4) is 5.75 Å². The fraction of sp³-hybridized carbons (Fsp3) is 0.424. The van der Waals surface area contributed by atoms with Gasteiger partial charge in [0.25, 0.3) is 5.91 Å². The number of carbonyl (C=O) groups is 3. The molecule has 0 aromatic heterocycles. The summed E-state index contributed by atoms with van der Waals surface area (Å²) in [5.74, 6) is 0.755. The van der Waals surface area contributed by atoms with E-state index in [4.69, 9.17) is 4.74 Å². The predicted octanol–water partition coefficient (Wildman–Crippen LogP) is 5.35. The monoisotopic (exact) mass is 545 g/mol. The molecule has 2 aliphatic carbocycles. The van der Waals surface area contributed by atoms with Crippen LogP contribution in [0.25, 0.3) is 0 Å². The number of benzene rings is 2. The Morgan fingerprint density at radius 3 is 2.40 bits per heavy atom. The first-order valence-corrected chi connectivity index (χ1v) is 14.4. The molecule has 0 spiro atoms. The minimum atomic E-state index is -0.189. The van der Waals surface area contributed by atoms with Gasteiger partial charge < -0.3 is 20.3 Å². The molecule has 0 heterocycles. The topological polar surface area (TPSA) is 87.7 Å². The van der Waals surface area contributed by atoms with Gasteiger partial charge in [-0.1, -0.05) is 61.5 Å². The summed E-state index contributed by atoms with van der Waals surface area (Å²) in [6.07, 6.45) is 12.5. The number of hydrogen-bond acceptors (Lipinski definition) is 4. The summed E-state index contributed by atoms with van der Waals surface area (Å²) in [4.78, 5) is 37.6. The number of amides is 3. The summed E-state index contributed by atoms with van der Waals surface area (Å²) in [7, 11) is 1.56. The lowest BCUT2D eigenvalue weighted by atomic mass is 9.72. The van der Waals surface area contributed by atoms with Crippen LogP contribution in [0.3, 0.4) is 0 Å². The number of nitrogens with one attached hydrogen (secondary N) is 2. The molecule has 7 nitrogen and oxygen atoms in total. The van der Waals surface area contributed by atoms with Crippen LogP contribution in [0.5, 0.6) is 5.75 Å².